The number of rotatable bonds is 5. The molecule has 0 saturated heterocycles. The van der Waals surface area contributed by atoms with Gasteiger partial charge in [-0.3, -0.25) is 14.9 Å². The lowest BCUT2D eigenvalue weighted by atomic mass is 10.3. The summed E-state index contributed by atoms with van der Waals surface area (Å²) in [5.41, 5.74) is 0.824. The van der Waals surface area contributed by atoms with E-state index in [1.54, 1.807) is 18.2 Å². The Bertz CT molecular complexity index is 722. The molecule has 0 radical (unpaired) electrons. The third kappa shape index (κ3) is 4.34. The number of hydrogen-bond acceptors (Lipinski definition) is 4. The fourth-order valence-electron chi connectivity index (χ4n) is 1.70. The van der Waals surface area contributed by atoms with Crippen molar-refractivity contribution in [3.05, 3.63) is 62.6 Å². The highest BCUT2D eigenvalue weighted by Gasteiger charge is 2.08. The van der Waals surface area contributed by atoms with Gasteiger partial charge in [0.15, 0.2) is 0 Å². The number of non-ortho nitro benzene ring substituents is 1. The first kappa shape index (κ1) is 16.1. The van der Waals surface area contributed by atoms with Crippen LogP contribution in [0.1, 0.15) is 0 Å². The number of nitro groups is 1. The molecule has 6 nitrogen and oxygen atoms in total. The molecule has 0 saturated carbocycles. The van der Waals surface area contributed by atoms with E-state index >= 15 is 0 Å². The van der Waals surface area contributed by atoms with Crippen molar-refractivity contribution in [2.24, 2.45) is 0 Å². The summed E-state index contributed by atoms with van der Waals surface area (Å²) in [6, 6.07) is 10.6. The highest BCUT2D eigenvalue weighted by Crippen LogP contribution is 2.25. The summed E-state index contributed by atoms with van der Waals surface area (Å²) in [5, 5.41) is 16.9. The van der Waals surface area contributed by atoms with Crippen LogP contribution in [0.5, 0.6) is 0 Å². The van der Waals surface area contributed by atoms with E-state index in [2.05, 4.69) is 10.6 Å². The zero-order valence-corrected chi connectivity index (χ0v) is 12.7. The summed E-state index contributed by atoms with van der Waals surface area (Å²) in [4.78, 5) is 22.0. The normalized spacial score (nSPS) is 10.1. The molecule has 0 unspecified atom stereocenters. The zero-order chi connectivity index (χ0) is 16.1. The molecule has 2 N–H and O–H groups in total. The number of nitrogens with one attached hydrogen (secondary N) is 2. The number of amides is 1. The van der Waals surface area contributed by atoms with Crippen molar-refractivity contribution in [2.75, 3.05) is 17.2 Å². The van der Waals surface area contributed by atoms with Gasteiger partial charge in [0.05, 0.1) is 22.2 Å². The van der Waals surface area contributed by atoms with Crippen molar-refractivity contribution in [3.63, 3.8) is 0 Å². The Hall–Kier alpha value is -2.31. The summed E-state index contributed by atoms with van der Waals surface area (Å²) >= 11 is 11.8. The monoisotopic (exact) mass is 339 g/mol. The SMILES string of the molecule is O=C(CNc1cccc([N+](=O)[O-])c1)Nc1cc(Cl)ccc1Cl. The van der Waals surface area contributed by atoms with Gasteiger partial charge in [0, 0.05) is 22.8 Å². The van der Waals surface area contributed by atoms with Gasteiger partial charge in [-0.2, -0.15) is 0 Å². The first-order chi connectivity index (χ1) is 10.5. The average Bonchev–Trinajstić information content (AvgIpc) is 2.49. The van der Waals surface area contributed by atoms with Crippen LogP contribution in [-0.2, 0) is 4.79 Å². The lowest BCUT2D eigenvalue weighted by Gasteiger charge is -2.09. The molecule has 0 bridgehead atoms. The Morgan fingerprint density at radius 1 is 1.18 bits per heavy atom. The molecule has 0 atom stereocenters. The summed E-state index contributed by atoms with van der Waals surface area (Å²) in [7, 11) is 0. The second-order valence-electron chi connectivity index (χ2n) is 4.33. The van der Waals surface area contributed by atoms with E-state index < -0.39 is 4.92 Å². The molecule has 8 heteroatoms. The number of carbonyl (C=O) groups is 1. The van der Waals surface area contributed by atoms with Gasteiger partial charge in [-0.25, -0.2) is 0 Å². The van der Waals surface area contributed by atoms with Crippen molar-refractivity contribution < 1.29 is 9.72 Å². The van der Waals surface area contributed by atoms with Crippen LogP contribution in [0, 0.1) is 10.1 Å². The molecular weight excluding hydrogens is 329 g/mol. The summed E-state index contributed by atoms with van der Waals surface area (Å²) < 4.78 is 0. The largest absolute Gasteiger partial charge is 0.376 e. The predicted octanol–water partition coefficient (Wildman–Crippen LogP) is 3.95. The fraction of sp³-hybridized carbons (Fsp3) is 0.0714. The van der Waals surface area contributed by atoms with E-state index in [-0.39, 0.29) is 18.1 Å². The van der Waals surface area contributed by atoms with Crippen LogP contribution in [0.2, 0.25) is 10.0 Å². The maximum atomic E-state index is 11.9. The van der Waals surface area contributed by atoms with Gasteiger partial charge >= 0.3 is 0 Å². The Morgan fingerprint density at radius 3 is 2.68 bits per heavy atom. The van der Waals surface area contributed by atoms with Crippen LogP contribution < -0.4 is 10.6 Å². The van der Waals surface area contributed by atoms with E-state index in [9.17, 15) is 14.9 Å². The highest BCUT2D eigenvalue weighted by molar-refractivity contribution is 6.35. The van der Waals surface area contributed by atoms with Crippen molar-refractivity contribution in [1.29, 1.82) is 0 Å². The number of carbonyl (C=O) groups excluding carboxylic acids is 1. The van der Waals surface area contributed by atoms with Gasteiger partial charge in [0.25, 0.3) is 5.69 Å². The molecule has 1 amide bonds. The minimum Gasteiger partial charge on any atom is -0.376 e. The molecule has 2 aromatic carbocycles. The lowest BCUT2D eigenvalue weighted by molar-refractivity contribution is -0.384. The Balaban J connectivity index is 1.97. The molecule has 0 aliphatic heterocycles. The van der Waals surface area contributed by atoms with Crippen LogP contribution >= 0.6 is 23.2 Å². The predicted molar refractivity (Wildman–Crippen MR) is 86.7 cm³/mol. The topological polar surface area (TPSA) is 84.3 Å². The van der Waals surface area contributed by atoms with E-state index in [0.717, 1.165) is 0 Å². The molecule has 0 heterocycles. The van der Waals surface area contributed by atoms with Crippen molar-refractivity contribution >= 4 is 46.2 Å². The maximum Gasteiger partial charge on any atom is 0.271 e. The van der Waals surface area contributed by atoms with E-state index in [1.807, 2.05) is 0 Å². The number of anilines is 2. The van der Waals surface area contributed by atoms with Crippen LogP contribution in [0.25, 0.3) is 0 Å². The Labute approximate surface area is 136 Å². The quantitative estimate of drug-likeness (QED) is 0.637. The van der Waals surface area contributed by atoms with E-state index in [4.69, 9.17) is 23.2 Å². The molecule has 0 aliphatic carbocycles. The lowest BCUT2D eigenvalue weighted by Crippen LogP contribution is -2.21. The van der Waals surface area contributed by atoms with Crippen LogP contribution in [0.3, 0.4) is 0 Å². The number of nitro benzene ring substituents is 1. The maximum absolute atomic E-state index is 11.9. The molecule has 2 rings (SSSR count). The summed E-state index contributed by atoms with van der Waals surface area (Å²) in [5.74, 6) is -0.351. The molecule has 0 fully saturated rings. The molecule has 0 aromatic heterocycles. The van der Waals surface area contributed by atoms with Gasteiger partial charge < -0.3 is 10.6 Å². The highest BCUT2D eigenvalue weighted by atomic mass is 35.5. The first-order valence-electron chi connectivity index (χ1n) is 6.19. The third-order valence-corrected chi connectivity index (χ3v) is 3.28. The molecule has 22 heavy (non-hydrogen) atoms. The molecular formula is C14H11Cl2N3O3. The summed E-state index contributed by atoms with van der Waals surface area (Å²) in [6.07, 6.45) is 0. The fourth-order valence-corrected chi connectivity index (χ4v) is 2.04. The molecule has 2 aromatic rings. The second kappa shape index (κ2) is 7.11. The number of benzene rings is 2. The van der Waals surface area contributed by atoms with Crippen LogP contribution in [0.4, 0.5) is 17.1 Å². The minimum atomic E-state index is -0.503. The van der Waals surface area contributed by atoms with Crippen LogP contribution in [-0.4, -0.2) is 17.4 Å². The van der Waals surface area contributed by atoms with Crippen LogP contribution in [0.15, 0.2) is 42.5 Å². The van der Waals surface area contributed by atoms with Crippen molar-refractivity contribution in [3.8, 4) is 0 Å². The molecule has 114 valence electrons. The molecule has 0 spiro atoms. The van der Waals surface area contributed by atoms with Gasteiger partial charge in [-0.1, -0.05) is 29.3 Å². The average molecular weight is 340 g/mol. The van der Waals surface area contributed by atoms with Crippen molar-refractivity contribution in [2.45, 2.75) is 0 Å². The molecule has 0 aliphatic rings. The smallest absolute Gasteiger partial charge is 0.271 e. The second-order valence-corrected chi connectivity index (χ2v) is 5.18. The van der Waals surface area contributed by atoms with Gasteiger partial charge in [0.2, 0.25) is 5.91 Å². The summed E-state index contributed by atoms with van der Waals surface area (Å²) in [6.45, 7) is -0.0655. The van der Waals surface area contributed by atoms with E-state index in [1.165, 1.54) is 24.3 Å². The minimum absolute atomic E-state index is 0.0525. The Kier molecular flexibility index (Phi) is 5.19. The van der Waals surface area contributed by atoms with Gasteiger partial charge in [0.1, 0.15) is 0 Å². The van der Waals surface area contributed by atoms with Gasteiger partial charge in [-0.15, -0.1) is 0 Å². The number of hydrogen-bond donors (Lipinski definition) is 2. The Morgan fingerprint density at radius 2 is 1.95 bits per heavy atom. The van der Waals surface area contributed by atoms with Gasteiger partial charge in [-0.05, 0) is 24.3 Å². The van der Waals surface area contributed by atoms with Crippen molar-refractivity contribution in [1.82, 2.24) is 0 Å². The standard InChI is InChI=1S/C14H11Cl2N3O3/c15-9-4-5-12(16)13(6-9)18-14(20)8-17-10-2-1-3-11(7-10)19(21)22/h1-7,17H,8H2,(H,18,20). The number of nitrogens with zero attached hydrogens (tertiary/aromatic N) is 1. The zero-order valence-electron chi connectivity index (χ0n) is 11.2. The first-order valence-corrected chi connectivity index (χ1v) is 6.94. The third-order valence-electron chi connectivity index (χ3n) is 2.71. The number of halogens is 2. The van der Waals surface area contributed by atoms with E-state index in [0.29, 0.717) is 21.4 Å².